The summed E-state index contributed by atoms with van der Waals surface area (Å²) < 4.78 is 6.02. The summed E-state index contributed by atoms with van der Waals surface area (Å²) in [6.45, 7) is 7.17. The van der Waals surface area contributed by atoms with E-state index >= 15 is 0 Å². The molecule has 0 N–H and O–H groups in total. The summed E-state index contributed by atoms with van der Waals surface area (Å²) in [5.74, 6) is 1.13. The van der Waals surface area contributed by atoms with Crippen LogP contribution in [0.4, 0.5) is 0 Å². The standard InChI is InChI=1S/C18H26O/c1-3-5-7-12-18-17(4-2)16(14-19-18)13-15-10-8-6-9-11-15/h4,6,8-11,16-18H,2-3,5,7,12-14H2,1H3/t16-,17+,18-/m0/s1. The molecular weight excluding hydrogens is 232 g/mol. The third-order valence-corrected chi connectivity index (χ3v) is 4.20. The average Bonchev–Trinajstić information content (AvgIpc) is 2.82. The van der Waals surface area contributed by atoms with E-state index in [4.69, 9.17) is 4.74 Å². The van der Waals surface area contributed by atoms with E-state index in [0.717, 1.165) is 13.0 Å². The third kappa shape index (κ3) is 3.94. The van der Waals surface area contributed by atoms with E-state index in [1.165, 1.54) is 31.2 Å². The lowest BCUT2D eigenvalue weighted by Gasteiger charge is -2.19. The minimum Gasteiger partial charge on any atom is -0.377 e. The summed E-state index contributed by atoms with van der Waals surface area (Å²) in [5.41, 5.74) is 1.41. The molecule has 104 valence electrons. The Balaban J connectivity index is 1.90. The molecule has 0 aliphatic carbocycles. The molecule has 0 amide bonds. The first-order valence-electron chi connectivity index (χ1n) is 7.63. The van der Waals surface area contributed by atoms with Crippen LogP contribution in [0.5, 0.6) is 0 Å². The van der Waals surface area contributed by atoms with Crippen molar-refractivity contribution < 1.29 is 4.74 Å². The highest BCUT2D eigenvalue weighted by atomic mass is 16.5. The second-order valence-electron chi connectivity index (χ2n) is 5.63. The van der Waals surface area contributed by atoms with Crippen LogP contribution in [0.25, 0.3) is 0 Å². The van der Waals surface area contributed by atoms with E-state index in [1.54, 1.807) is 0 Å². The Hall–Kier alpha value is -1.08. The molecule has 0 spiro atoms. The van der Waals surface area contributed by atoms with Crippen molar-refractivity contribution in [1.82, 2.24) is 0 Å². The van der Waals surface area contributed by atoms with Gasteiger partial charge in [0.05, 0.1) is 12.7 Å². The molecule has 3 atom stereocenters. The molecule has 0 saturated carbocycles. The normalized spacial score (nSPS) is 26.5. The zero-order valence-electron chi connectivity index (χ0n) is 12.1. The molecular formula is C18H26O. The number of unbranched alkanes of at least 4 members (excludes halogenated alkanes) is 2. The van der Waals surface area contributed by atoms with E-state index in [9.17, 15) is 0 Å². The molecule has 1 aromatic rings. The monoisotopic (exact) mass is 258 g/mol. The topological polar surface area (TPSA) is 9.23 Å². The molecule has 2 rings (SSSR count). The number of hydrogen-bond donors (Lipinski definition) is 0. The highest BCUT2D eigenvalue weighted by Crippen LogP contribution is 2.33. The van der Waals surface area contributed by atoms with Gasteiger partial charge in [-0.1, -0.05) is 62.6 Å². The van der Waals surface area contributed by atoms with Crippen molar-refractivity contribution in [3.8, 4) is 0 Å². The minimum atomic E-state index is 0.401. The summed E-state index contributed by atoms with van der Waals surface area (Å²) in [5, 5.41) is 0. The maximum atomic E-state index is 6.02. The van der Waals surface area contributed by atoms with Gasteiger partial charge in [0.15, 0.2) is 0 Å². The fraction of sp³-hybridized carbons (Fsp3) is 0.556. The van der Waals surface area contributed by atoms with Gasteiger partial charge in [-0.3, -0.25) is 0 Å². The van der Waals surface area contributed by atoms with Crippen LogP contribution in [-0.4, -0.2) is 12.7 Å². The zero-order valence-corrected chi connectivity index (χ0v) is 12.1. The Morgan fingerprint density at radius 1 is 1.26 bits per heavy atom. The van der Waals surface area contributed by atoms with Crippen LogP contribution in [0.15, 0.2) is 43.0 Å². The first-order chi connectivity index (χ1) is 9.35. The van der Waals surface area contributed by atoms with E-state index in [-0.39, 0.29) is 0 Å². The first-order valence-corrected chi connectivity index (χ1v) is 7.63. The van der Waals surface area contributed by atoms with E-state index in [0.29, 0.717) is 17.9 Å². The predicted octanol–water partition coefficient (Wildman–Crippen LogP) is 4.63. The van der Waals surface area contributed by atoms with Crippen molar-refractivity contribution in [1.29, 1.82) is 0 Å². The lowest BCUT2D eigenvalue weighted by atomic mass is 9.84. The second kappa shape index (κ2) is 7.49. The van der Waals surface area contributed by atoms with Crippen molar-refractivity contribution in [3.05, 3.63) is 48.6 Å². The van der Waals surface area contributed by atoms with E-state index in [1.807, 2.05) is 0 Å². The van der Waals surface area contributed by atoms with Crippen molar-refractivity contribution in [2.24, 2.45) is 11.8 Å². The van der Waals surface area contributed by atoms with Gasteiger partial charge in [0.25, 0.3) is 0 Å². The van der Waals surface area contributed by atoms with Gasteiger partial charge in [0.1, 0.15) is 0 Å². The van der Waals surface area contributed by atoms with Crippen molar-refractivity contribution in [2.45, 2.75) is 45.1 Å². The Bertz CT molecular complexity index is 371. The quantitative estimate of drug-likeness (QED) is 0.512. The molecule has 1 aliphatic heterocycles. The molecule has 0 unspecified atom stereocenters. The minimum absolute atomic E-state index is 0.401. The number of benzene rings is 1. The lowest BCUT2D eigenvalue weighted by molar-refractivity contribution is 0.0883. The van der Waals surface area contributed by atoms with Crippen LogP contribution in [0.2, 0.25) is 0 Å². The predicted molar refractivity (Wildman–Crippen MR) is 81.2 cm³/mol. The van der Waals surface area contributed by atoms with Crippen LogP contribution in [0, 0.1) is 11.8 Å². The van der Waals surface area contributed by atoms with Gasteiger partial charge in [-0.2, -0.15) is 0 Å². The molecule has 1 heterocycles. The zero-order chi connectivity index (χ0) is 13.5. The molecule has 0 aromatic heterocycles. The van der Waals surface area contributed by atoms with Gasteiger partial charge in [0.2, 0.25) is 0 Å². The molecule has 0 radical (unpaired) electrons. The highest BCUT2D eigenvalue weighted by Gasteiger charge is 2.34. The van der Waals surface area contributed by atoms with E-state index < -0.39 is 0 Å². The molecule has 1 heteroatoms. The summed E-state index contributed by atoms with van der Waals surface area (Å²) in [7, 11) is 0. The van der Waals surface area contributed by atoms with Gasteiger partial charge in [-0.15, -0.1) is 6.58 Å². The largest absolute Gasteiger partial charge is 0.377 e. The molecule has 0 bridgehead atoms. The fourth-order valence-electron chi connectivity index (χ4n) is 3.10. The van der Waals surface area contributed by atoms with Crippen molar-refractivity contribution in [3.63, 3.8) is 0 Å². The maximum absolute atomic E-state index is 6.02. The third-order valence-electron chi connectivity index (χ3n) is 4.20. The van der Waals surface area contributed by atoms with Crippen LogP contribution in [0.3, 0.4) is 0 Å². The molecule has 1 saturated heterocycles. The smallest absolute Gasteiger partial charge is 0.0641 e. The van der Waals surface area contributed by atoms with E-state index in [2.05, 4.69) is 49.9 Å². The van der Waals surface area contributed by atoms with Crippen LogP contribution in [0.1, 0.15) is 38.2 Å². The Morgan fingerprint density at radius 3 is 2.74 bits per heavy atom. The fourth-order valence-corrected chi connectivity index (χ4v) is 3.10. The second-order valence-corrected chi connectivity index (χ2v) is 5.63. The SMILES string of the molecule is C=C[C@@H]1[C@@H](Cc2ccccc2)CO[C@H]1CCCCC. The summed E-state index contributed by atoms with van der Waals surface area (Å²) in [6.07, 6.45) is 8.70. The summed E-state index contributed by atoms with van der Waals surface area (Å²) in [4.78, 5) is 0. The molecule has 19 heavy (non-hydrogen) atoms. The average molecular weight is 258 g/mol. The molecule has 1 aliphatic rings. The lowest BCUT2D eigenvalue weighted by Crippen LogP contribution is -2.19. The molecule has 1 nitrogen and oxygen atoms in total. The number of ether oxygens (including phenoxy) is 1. The maximum Gasteiger partial charge on any atom is 0.0641 e. The van der Waals surface area contributed by atoms with Crippen molar-refractivity contribution >= 4 is 0 Å². The highest BCUT2D eigenvalue weighted by molar-refractivity contribution is 5.16. The molecule has 1 fully saturated rings. The Labute approximate surface area is 117 Å². The van der Waals surface area contributed by atoms with Crippen LogP contribution < -0.4 is 0 Å². The van der Waals surface area contributed by atoms with Gasteiger partial charge in [-0.05, 0) is 24.3 Å². The molecule has 1 aromatic carbocycles. The van der Waals surface area contributed by atoms with Gasteiger partial charge < -0.3 is 4.74 Å². The summed E-state index contributed by atoms with van der Waals surface area (Å²) >= 11 is 0. The van der Waals surface area contributed by atoms with Gasteiger partial charge >= 0.3 is 0 Å². The first kappa shape index (κ1) is 14.3. The van der Waals surface area contributed by atoms with Crippen LogP contribution >= 0.6 is 0 Å². The van der Waals surface area contributed by atoms with Crippen molar-refractivity contribution in [2.75, 3.05) is 6.61 Å². The number of rotatable bonds is 7. The number of hydrogen-bond acceptors (Lipinski definition) is 1. The van der Waals surface area contributed by atoms with Gasteiger partial charge in [-0.25, -0.2) is 0 Å². The Kier molecular flexibility index (Phi) is 5.65. The van der Waals surface area contributed by atoms with Crippen LogP contribution in [-0.2, 0) is 11.2 Å². The summed E-state index contributed by atoms with van der Waals surface area (Å²) in [6, 6.07) is 10.7. The Morgan fingerprint density at radius 2 is 2.05 bits per heavy atom. The van der Waals surface area contributed by atoms with Gasteiger partial charge in [0, 0.05) is 5.92 Å².